The van der Waals surface area contributed by atoms with Crippen molar-refractivity contribution in [3.63, 3.8) is 0 Å². The summed E-state index contributed by atoms with van der Waals surface area (Å²) in [7, 11) is 0. The van der Waals surface area contributed by atoms with Crippen molar-refractivity contribution in [1.29, 1.82) is 0 Å². The number of nitrogens with one attached hydrogen (secondary N) is 2. The van der Waals surface area contributed by atoms with Crippen LogP contribution in [0.1, 0.15) is 22.6 Å². The molecule has 0 aromatic carbocycles. The number of ether oxygens (including phenoxy) is 2. The minimum atomic E-state index is -0.295. The molecule has 0 aliphatic carbocycles. The lowest BCUT2D eigenvalue weighted by molar-refractivity contribution is -0.0742. The van der Waals surface area contributed by atoms with E-state index in [2.05, 4.69) is 20.5 Å². The van der Waals surface area contributed by atoms with Gasteiger partial charge in [-0.1, -0.05) is 11.6 Å². The first-order chi connectivity index (χ1) is 10.7. The number of amides is 1. The molecule has 0 bridgehead atoms. The molecule has 0 radical (unpaired) electrons. The number of aromatic nitrogens is 3. The molecule has 2 N–H and O–H groups in total. The number of thiazole rings is 1. The van der Waals surface area contributed by atoms with Gasteiger partial charge in [0, 0.05) is 12.0 Å². The van der Waals surface area contributed by atoms with Gasteiger partial charge in [-0.2, -0.15) is 5.10 Å². The maximum atomic E-state index is 12.2. The van der Waals surface area contributed by atoms with E-state index < -0.39 is 0 Å². The molecule has 2 aromatic heterocycles. The van der Waals surface area contributed by atoms with Crippen molar-refractivity contribution in [2.75, 3.05) is 13.2 Å². The number of carbonyl (C=O) groups is 1. The third-order valence-electron chi connectivity index (χ3n) is 3.37. The summed E-state index contributed by atoms with van der Waals surface area (Å²) < 4.78 is 11.3. The van der Waals surface area contributed by atoms with Crippen molar-refractivity contribution >= 4 is 28.8 Å². The predicted molar refractivity (Wildman–Crippen MR) is 81.0 cm³/mol. The normalized spacial score (nSPS) is 21.7. The number of halogens is 1. The Hall–Kier alpha value is -1.48. The van der Waals surface area contributed by atoms with Gasteiger partial charge in [0.05, 0.1) is 41.7 Å². The van der Waals surface area contributed by atoms with Gasteiger partial charge in [-0.15, -0.1) is 11.3 Å². The average Bonchev–Trinajstić information content (AvgIpc) is 3.17. The van der Waals surface area contributed by atoms with Crippen molar-refractivity contribution in [2.24, 2.45) is 0 Å². The Balaban J connectivity index is 1.60. The van der Waals surface area contributed by atoms with E-state index in [0.29, 0.717) is 31.3 Å². The summed E-state index contributed by atoms with van der Waals surface area (Å²) in [5.41, 5.74) is 2.89. The number of hydrogen-bond acceptors (Lipinski definition) is 6. The number of rotatable bonds is 5. The Morgan fingerprint density at radius 2 is 2.55 bits per heavy atom. The minimum Gasteiger partial charge on any atom is -0.379 e. The molecule has 0 spiro atoms. The fourth-order valence-corrected chi connectivity index (χ4v) is 2.93. The van der Waals surface area contributed by atoms with Gasteiger partial charge >= 0.3 is 0 Å². The summed E-state index contributed by atoms with van der Waals surface area (Å²) in [4.78, 5) is 16.4. The van der Waals surface area contributed by atoms with Gasteiger partial charge in [-0.05, 0) is 6.42 Å². The van der Waals surface area contributed by atoms with Crippen molar-refractivity contribution in [1.82, 2.24) is 20.5 Å². The Labute approximate surface area is 136 Å². The van der Waals surface area contributed by atoms with Crippen LogP contribution in [-0.2, 0) is 16.1 Å². The topological polar surface area (TPSA) is 89.1 Å². The Kier molecular flexibility index (Phi) is 5.04. The zero-order valence-corrected chi connectivity index (χ0v) is 13.2. The van der Waals surface area contributed by atoms with Gasteiger partial charge in [-0.3, -0.25) is 9.89 Å². The Morgan fingerprint density at radius 1 is 1.64 bits per heavy atom. The van der Waals surface area contributed by atoms with E-state index in [0.717, 1.165) is 5.69 Å². The maximum Gasteiger partial charge on any atom is 0.271 e. The molecule has 118 valence electrons. The molecule has 7 nitrogen and oxygen atoms in total. The number of carbonyl (C=O) groups excluding carboxylic acids is 1. The summed E-state index contributed by atoms with van der Waals surface area (Å²) in [6.45, 7) is 1.42. The Bertz CT molecular complexity index is 619. The van der Waals surface area contributed by atoms with E-state index in [-0.39, 0.29) is 23.7 Å². The van der Waals surface area contributed by atoms with Crippen molar-refractivity contribution in [3.05, 3.63) is 33.5 Å². The molecule has 0 unspecified atom stereocenters. The van der Waals surface area contributed by atoms with Crippen molar-refractivity contribution < 1.29 is 14.3 Å². The highest BCUT2D eigenvalue weighted by atomic mass is 35.5. The van der Waals surface area contributed by atoms with Crippen LogP contribution < -0.4 is 5.32 Å². The van der Waals surface area contributed by atoms with E-state index in [1.807, 2.05) is 5.38 Å². The second kappa shape index (κ2) is 7.19. The van der Waals surface area contributed by atoms with E-state index in [4.69, 9.17) is 21.1 Å². The van der Waals surface area contributed by atoms with Crippen LogP contribution in [0.15, 0.2) is 17.1 Å². The molecule has 1 aliphatic rings. The zero-order chi connectivity index (χ0) is 15.4. The smallest absolute Gasteiger partial charge is 0.271 e. The largest absolute Gasteiger partial charge is 0.379 e. The van der Waals surface area contributed by atoms with Crippen molar-refractivity contribution in [3.8, 4) is 0 Å². The molecule has 1 saturated heterocycles. The molecular weight excluding hydrogens is 328 g/mol. The van der Waals surface area contributed by atoms with E-state index in [9.17, 15) is 4.79 Å². The number of H-pyrrole nitrogens is 1. The first kappa shape index (κ1) is 15.4. The number of nitrogens with zero attached hydrogens (tertiary/aromatic N) is 2. The second-order valence-corrected chi connectivity index (χ2v) is 5.99. The molecule has 1 amide bonds. The molecule has 9 heteroatoms. The first-order valence-corrected chi connectivity index (χ1v) is 8.12. The third-order valence-corrected chi connectivity index (χ3v) is 4.29. The Morgan fingerprint density at radius 3 is 3.27 bits per heavy atom. The van der Waals surface area contributed by atoms with Crippen LogP contribution in [0, 0.1) is 0 Å². The van der Waals surface area contributed by atoms with Gasteiger partial charge in [0.1, 0.15) is 11.8 Å². The third kappa shape index (κ3) is 3.64. The van der Waals surface area contributed by atoms with Gasteiger partial charge in [0.25, 0.3) is 5.91 Å². The highest BCUT2D eigenvalue weighted by molar-refractivity contribution is 7.07. The highest BCUT2D eigenvalue weighted by Gasteiger charge is 2.29. The SMILES string of the molecule is O=C(N[C@@H]1CCOC[C@H]1OCc1cscn1)c1[nH]ncc1Cl. The minimum absolute atomic E-state index is 0.140. The standard InChI is InChI=1S/C13H15ClN4O3S/c14-9-3-16-18-12(9)13(19)17-10-1-2-20-5-11(10)21-4-8-6-22-7-15-8/h3,6-7,10-11H,1-2,4-5H2,(H,16,18)(H,17,19)/t10-,11-/m1/s1. The van der Waals surface area contributed by atoms with E-state index in [1.54, 1.807) is 5.51 Å². The summed E-state index contributed by atoms with van der Waals surface area (Å²) in [6.07, 6.45) is 1.86. The number of aromatic amines is 1. The van der Waals surface area contributed by atoms with Crippen LogP contribution in [-0.4, -0.2) is 46.4 Å². The predicted octanol–water partition coefficient (Wildman–Crippen LogP) is 1.62. The summed E-state index contributed by atoms with van der Waals surface area (Å²) in [6, 6.07) is -0.140. The lowest BCUT2D eigenvalue weighted by Gasteiger charge is -2.31. The van der Waals surface area contributed by atoms with Crippen LogP contribution in [0.25, 0.3) is 0 Å². The van der Waals surface area contributed by atoms with Gasteiger partial charge < -0.3 is 14.8 Å². The van der Waals surface area contributed by atoms with Crippen LogP contribution in [0.3, 0.4) is 0 Å². The van der Waals surface area contributed by atoms with Gasteiger partial charge in [-0.25, -0.2) is 4.98 Å². The highest BCUT2D eigenvalue weighted by Crippen LogP contribution is 2.16. The lowest BCUT2D eigenvalue weighted by Crippen LogP contribution is -2.50. The fraction of sp³-hybridized carbons (Fsp3) is 0.462. The van der Waals surface area contributed by atoms with Gasteiger partial charge in [0.15, 0.2) is 0 Å². The van der Waals surface area contributed by atoms with Crippen LogP contribution in [0.4, 0.5) is 0 Å². The molecule has 22 heavy (non-hydrogen) atoms. The van der Waals surface area contributed by atoms with Crippen molar-refractivity contribution in [2.45, 2.75) is 25.2 Å². The molecule has 2 atom stereocenters. The molecule has 3 heterocycles. The molecule has 2 aromatic rings. The summed E-state index contributed by atoms with van der Waals surface area (Å²) >= 11 is 7.42. The summed E-state index contributed by atoms with van der Waals surface area (Å²) in [5.74, 6) is -0.295. The molecule has 0 saturated carbocycles. The first-order valence-electron chi connectivity index (χ1n) is 6.80. The average molecular weight is 343 g/mol. The zero-order valence-electron chi connectivity index (χ0n) is 11.6. The summed E-state index contributed by atoms with van der Waals surface area (Å²) in [5, 5.41) is 11.5. The van der Waals surface area contributed by atoms with E-state index >= 15 is 0 Å². The second-order valence-electron chi connectivity index (χ2n) is 4.87. The van der Waals surface area contributed by atoms with Gasteiger partial charge in [0.2, 0.25) is 0 Å². The van der Waals surface area contributed by atoms with Crippen LogP contribution in [0.2, 0.25) is 5.02 Å². The molecule has 1 aliphatic heterocycles. The molecule has 1 fully saturated rings. The number of hydrogen-bond donors (Lipinski definition) is 2. The fourth-order valence-electron chi connectivity index (χ4n) is 2.21. The quantitative estimate of drug-likeness (QED) is 0.862. The maximum absolute atomic E-state index is 12.2. The monoisotopic (exact) mass is 342 g/mol. The lowest BCUT2D eigenvalue weighted by atomic mass is 10.1. The molecule has 3 rings (SSSR count). The molecular formula is C13H15ClN4O3S. The van der Waals surface area contributed by atoms with Crippen LogP contribution in [0.5, 0.6) is 0 Å². The van der Waals surface area contributed by atoms with Crippen LogP contribution >= 0.6 is 22.9 Å². The van der Waals surface area contributed by atoms with E-state index in [1.165, 1.54) is 17.5 Å².